The summed E-state index contributed by atoms with van der Waals surface area (Å²) in [5, 5.41) is 2.74. The lowest BCUT2D eigenvalue weighted by Crippen LogP contribution is -2.49. The number of carbonyl (C=O) groups excluding carboxylic acids is 3. The largest absolute Gasteiger partial charge is 0.324 e. The van der Waals surface area contributed by atoms with Crippen molar-refractivity contribution in [1.82, 2.24) is 4.90 Å². The van der Waals surface area contributed by atoms with Crippen LogP contribution in [-0.2, 0) is 14.4 Å². The van der Waals surface area contributed by atoms with Crippen molar-refractivity contribution in [1.29, 1.82) is 0 Å². The van der Waals surface area contributed by atoms with Gasteiger partial charge < -0.3 is 5.32 Å². The van der Waals surface area contributed by atoms with Crippen LogP contribution in [0.1, 0.15) is 26.7 Å². The molecule has 156 valence electrons. The highest BCUT2D eigenvalue weighted by atomic mass is 79.9. The van der Waals surface area contributed by atoms with E-state index in [0.717, 1.165) is 6.42 Å². The molecule has 3 amide bonds. The Morgan fingerprint density at radius 3 is 2.10 bits per heavy atom. The maximum Gasteiger partial charge on any atom is 0.247 e. The van der Waals surface area contributed by atoms with Crippen LogP contribution in [-0.4, -0.2) is 38.3 Å². The van der Waals surface area contributed by atoms with E-state index in [1.165, 1.54) is 29.2 Å². The van der Waals surface area contributed by atoms with Gasteiger partial charge in [-0.15, -0.1) is 0 Å². The van der Waals surface area contributed by atoms with Gasteiger partial charge in [-0.1, -0.05) is 45.7 Å². The predicted molar refractivity (Wildman–Crippen MR) is 114 cm³/mol. The Kier molecular flexibility index (Phi) is 5.61. The smallest absolute Gasteiger partial charge is 0.247 e. The lowest BCUT2D eigenvalue weighted by molar-refractivity contribution is -0.147. The van der Waals surface area contributed by atoms with E-state index in [1.807, 2.05) is 13.8 Å². The minimum Gasteiger partial charge on any atom is -0.324 e. The topological polar surface area (TPSA) is 66.5 Å². The molecule has 0 aromatic heterocycles. The van der Waals surface area contributed by atoms with E-state index in [2.05, 4.69) is 37.2 Å². The second-order valence-electron chi connectivity index (χ2n) is 8.69. The number of anilines is 1. The highest BCUT2D eigenvalue weighted by molar-refractivity contribution is 9.12. The number of nitrogens with one attached hydrogen (secondary N) is 1. The third kappa shape index (κ3) is 3.46. The first-order chi connectivity index (χ1) is 13.7. The highest BCUT2D eigenvalue weighted by Gasteiger charge is 2.67. The lowest BCUT2D eigenvalue weighted by Gasteiger charge is -2.28. The molecular formula is C21H23Br2FN2O3. The SMILES string of the molecule is CC(C)C[C@H](C(=O)Nc1ccc(F)cc1)N1C(=O)[C@@H]2[C@H]3C[C@@H]([C@H](Br)[C@H]3Br)[C@H]2C1=O. The van der Waals surface area contributed by atoms with Gasteiger partial charge in [0.15, 0.2) is 0 Å². The van der Waals surface area contributed by atoms with Crippen LogP contribution >= 0.6 is 31.9 Å². The number of amides is 3. The Hall–Kier alpha value is -1.28. The third-order valence-electron chi connectivity index (χ3n) is 6.44. The van der Waals surface area contributed by atoms with E-state index < -0.39 is 17.8 Å². The van der Waals surface area contributed by atoms with Crippen LogP contribution in [0.3, 0.4) is 0 Å². The quantitative estimate of drug-likeness (QED) is 0.464. The fourth-order valence-corrected chi connectivity index (χ4v) is 7.09. The highest BCUT2D eigenvalue weighted by Crippen LogP contribution is 2.60. The van der Waals surface area contributed by atoms with E-state index in [9.17, 15) is 18.8 Å². The van der Waals surface area contributed by atoms with Crippen molar-refractivity contribution in [3.8, 4) is 0 Å². The van der Waals surface area contributed by atoms with Crippen LogP contribution in [0.15, 0.2) is 24.3 Å². The molecule has 8 heteroatoms. The lowest BCUT2D eigenvalue weighted by atomic mass is 9.81. The van der Waals surface area contributed by atoms with Gasteiger partial charge in [0.1, 0.15) is 11.9 Å². The van der Waals surface area contributed by atoms with Crippen molar-refractivity contribution in [3.05, 3.63) is 30.1 Å². The van der Waals surface area contributed by atoms with Crippen molar-refractivity contribution in [2.45, 2.75) is 42.4 Å². The molecule has 29 heavy (non-hydrogen) atoms. The molecule has 1 N–H and O–H groups in total. The van der Waals surface area contributed by atoms with Crippen molar-refractivity contribution < 1.29 is 18.8 Å². The maximum absolute atomic E-state index is 13.3. The summed E-state index contributed by atoms with van der Waals surface area (Å²) in [5.41, 5.74) is 0.436. The zero-order valence-electron chi connectivity index (χ0n) is 16.1. The van der Waals surface area contributed by atoms with E-state index >= 15 is 0 Å². The van der Waals surface area contributed by atoms with E-state index in [0.29, 0.717) is 12.1 Å². The summed E-state index contributed by atoms with van der Waals surface area (Å²) in [6, 6.07) is 4.58. The van der Waals surface area contributed by atoms with Crippen LogP contribution in [0.25, 0.3) is 0 Å². The Labute approximate surface area is 186 Å². The molecule has 2 bridgehead atoms. The first kappa shape index (κ1) is 21.0. The van der Waals surface area contributed by atoms with Gasteiger partial charge in [0.05, 0.1) is 11.8 Å². The Morgan fingerprint density at radius 1 is 1.10 bits per heavy atom. The summed E-state index contributed by atoms with van der Waals surface area (Å²) in [6.45, 7) is 3.91. The molecule has 4 rings (SSSR count). The summed E-state index contributed by atoms with van der Waals surface area (Å²) in [4.78, 5) is 41.2. The second kappa shape index (κ2) is 7.76. The first-order valence-corrected chi connectivity index (χ1v) is 11.7. The van der Waals surface area contributed by atoms with Crippen LogP contribution in [0.5, 0.6) is 0 Å². The summed E-state index contributed by atoms with van der Waals surface area (Å²) in [7, 11) is 0. The average Bonchev–Trinajstić information content (AvgIpc) is 3.27. The number of halogens is 3. The molecule has 1 saturated heterocycles. The van der Waals surface area contributed by atoms with Gasteiger partial charge >= 0.3 is 0 Å². The number of hydrogen-bond donors (Lipinski definition) is 1. The molecule has 1 aliphatic heterocycles. The molecule has 2 aliphatic carbocycles. The van der Waals surface area contributed by atoms with Gasteiger partial charge in [0.2, 0.25) is 17.7 Å². The van der Waals surface area contributed by atoms with E-state index in [4.69, 9.17) is 0 Å². The summed E-state index contributed by atoms with van der Waals surface area (Å²) in [6.07, 6.45) is 1.23. The summed E-state index contributed by atoms with van der Waals surface area (Å²) >= 11 is 7.36. The molecule has 0 radical (unpaired) electrons. The van der Waals surface area contributed by atoms with E-state index in [-0.39, 0.29) is 51.1 Å². The van der Waals surface area contributed by atoms with Crippen molar-refractivity contribution in [2.75, 3.05) is 5.32 Å². The van der Waals surface area contributed by atoms with Crippen LogP contribution in [0.4, 0.5) is 10.1 Å². The molecule has 7 atom stereocenters. The fraction of sp³-hybridized carbons (Fsp3) is 0.571. The predicted octanol–water partition coefficient (Wildman–Crippen LogP) is 3.96. The maximum atomic E-state index is 13.3. The molecule has 1 heterocycles. The van der Waals surface area contributed by atoms with Gasteiger partial charge in [0.25, 0.3) is 0 Å². The molecule has 3 fully saturated rings. The number of benzene rings is 1. The van der Waals surface area contributed by atoms with E-state index in [1.54, 1.807) is 0 Å². The number of rotatable bonds is 5. The normalized spacial score (nSPS) is 34.1. The van der Waals surface area contributed by atoms with Gasteiger partial charge in [-0.2, -0.15) is 0 Å². The Morgan fingerprint density at radius 2 is 1.62 bits per heavy atom. The number of nitrogens with zero attached hydrogens (tertiary/aromatic N) is 1. The number of likely N-dealkylation sites (tertiary alicyclic amines) is 1. The minimum absolute atomic E-state index is 0.107. The van der Waals surface area contributed by atoms with Crippen molar-refractivity contribution in [2.24, 2.45) is 29.6 Å². The second-order valence-corrected chi connectivity index (χ2v) is 10.8. The number of hydrogen-bond acceptors (Lipinski definition) is 3. The first-order valence-electron chi connectivity index (χ1n) is 9.92. The van der Waals surface area contributed by atoms with Crippen molar-refractivity contribution >= 4 is 55.3 Å². The standard InChI is InChI=1S/C21H23Br2FN2O3/c1-9(2)7-14(19(27)25-11-5-3-10(24)4-6-11)26-20(28)15-12-8-13(16(15)21(26)29)18(23)17(12)22/h3-6,9,12-18H,7-8H2,1-2H3,(H,25,27)/t12-,13-,14-,15-,16-,17+,18+/m1/s1. The summed E-state index contributed by atoms with van der Waals surface area (Å²) in [5.74, 6) is -1.63. The van der Waals surface area contributed by atoms with Gasteiger partial charge in [0, 0.05) is 15.3 Å². The average molecular weight is 530 g/mol. The molecule has 3 aliphatic rings. The molecular weight excluding hydrogens is 507 g/mol. The van der Waals surface area contributed by atoms with Crippen LogP contribution in [0.2, 0.25) is 0 Å². The molecule has 1 aromatic carbocycles. The fourth-order valence-electron chi connectivity index (χ4n) is 5.21. The van der Waals surface area contributed by atoms with Crippen LogP contribution in [0, 0.1) is 35.4 Å². The Balaban J connectivity index is 1.60. The molecule has 2 saturated carbocycles. The monoisotopic (exact) mass is 528 g/mol. The van der Waals surface area contributed by atoms with Crippen molar-refractivity contribution in [3.63, 3.8) is 0 Å². The molecule has 5 nitrogen and oxygen atoms in total. The third-order valence-corrected chi connectivity index (χ3v) is 9.65. The number of fused-ring (bicyclic) bond motifs is 5. The number of carbonyl (C=O) groups is 3. The molecule has 1 aromatic rings. The zero-order chi connectivity index (χ0) is 21.0. The van der Waals surface area contributed by atoms with Gasteiger partial charge in [-0.05, 0) is 54.9 Å². The zero-order valence-corrected chi connectivity index (χ0v) is 19.3. The molecule has 0 spiro atoms. The minimum atomic E-state index is -0.868. The van der Waals surface area contributed by atoms with Gasteiger partial charge in [-0.25, -0.2) is 4.39 Å². The van der Waals surface area contributed by atoms with Crippen LogP contribution < -0.4 is 5.32 Å². The van der Waals surface area contributed by atoms with Gasteiger partial charge in [-0.3, -0.25) is 19.3 Å². The summed E-state index contributed by atoms with van der Waals surface area (Å²) < 4.78 is 13.2. The number of imide groups is 1. The Bertz CT molecular complexity index is 815. The molecule has 0 unspecified atom stereocenters. The number of alkyl halides is 2.